The van der Waals surface area contributed by atoms with Crippen LogP contribution in [0.2, 0.25) is 0 Å². The van der Waals surface area contributed by atoms with Gasteiger partial charge in [0.15, 0.2) is 0 Å². The molecule has 0 aromatic heterocycles. The van der Waals surface area contributed by atoms with Gasteiger partial charge < -0.3 is 0 Å². The van der Waals surface area contributed by atoms with Gasteiger partial charge in [-0.25, -0.2) is 4.79 Å². The summed E-state index contributed by atoms with van der Waals surface area (Å²) in [6, 6.07) is 0. The molecule has 0 aromatic rings. The summed E-state index contributed by atoms with van der Waals surface area (Å²) in [6.07, 6.45) is 5.11. The van der Waals surface area contributed by atoms with E-state index in [1.165, 1.54) is 0 Å². The van der Waals surface area contributed by atoms with Crippen molar-refractivity contribution >= 4 is 5.97 Å². The first-order valence-corrected chi connectivity index (χ1v) is 6.22. The highest BCUT2D eigenvalue weighted by molar-refractivity contribution is 5.87. The molecule has 4 nitrogen and oxygen atoms in total. The lowest BCUT2D eigenvalue weighted by molar-refractivity contribution is -0.515. The van der Waals surface area contributed by atoms with Crippen LogP contribution in [0.1, 0.15) is 60.3 Å². The molecule has 100 valence electrons. The van der Waals surface area contributed by atoms with Crippen molar-refractivity contribution in [2.45, 2.75) is 65.9 Å². The topological polar surface area (TPSA) is 44.8 Å². The molecule has 0 radical (unpaired) electrons. The van der Waals surface area contributed by atoms with Crippen LogP contribution in [0.5, 0.6) is 0 Å². The molecular formula is C13H24O4. The van der Waals surface area contributed by atoms with Crippen LogP contribution in [-0.2, 0) is 19.6 Å². The van der Waals surface area contributed by atoms with Gasteiger partial charge in [-0.15, -0.1) is 0 Å². The third kappa shape index (κ3) is 7.13. The summed E-state index contributed by atoms with van der Waals surface area (Å²) in [5, 5.41) is 4.52. The highest BCUT2D eigenvalue weighted by Gasteiger charge is 2.19. The fourth-order valence-electron chi connectivity index (χ4n) is 0.943. The van der Waals surface area contributed by atoms with E-state index in [1.807, 2.05) is 33.8 Å². The second kappa shape index (κ2) is 8.25. The van der Waals surface area contributed by atoms with Gasteiger partial charge in [0.1, 0.15) is 5.60 Å². The third-order valence-corrected chi connectivity index (χ3v) is 2.54. The maximum Gasteiger partial charge on any atom is 0.372 e. The fourth-order valence-corrected chi connectivity index (χ4v) is 0.943. The molecule has 0 aromatic carbocycles. The Morgan fingerprint density at radius 2 is 1.88 bits per heavy atom. The zero-order valence-corrected chi connectivity index (χ0v) is 11.5. The first-order chi connectivity index (χ1) is 7.96. The number of carbonyl (C=O) groups is 1. The third-order valence-electron chi connectivity index (χ3n) is 2.54. The smallest absolute Gasteiger partial charge is 0.264 e. The molecule has 0 saturated carbocycles. The largest absolute Gasteiger partial charge is 0.372 e. The maximum absolute atomic E-state index is 11.6. The molecule has 0 bridgehead atoms. The van der Waals surface area contributed by atoms with Gasteiger partial charge in [-0.2, -0.15) is 4.89 Å². The van der Waals surface area contributed by atoms with Crippen molar-refractivity contribution < 1.29 is 19.6 Å². The van der Waals surface area contributed by atoms with Gasteiger partial charge in [-0.1, -0.05) is 33.3 Å². The summed E-state index contributed by atoms with van der Waals surface area (Å²) in [7, 11) is 0. The number of unbranched alkanes of at least 4 members (excludes halogenated alkanes) is 1. The van der Waals surface area contributed by atoms with Crippen molar-refractivity contribution in [3.05, 3.63) is 11.6 Å². The van der Waals surface area contributed by atoms with Gasteiger partial charge in [0, 0.05) is 5.57 Å². The van der Waals surface area contributed by atoms with E-state index < -0.39 is 11.6 Å². The van der Waals surface area contributed by atoms with Crippen LogP contribution in [0, 0.1) is 0 Å². The van der Waals surface area contributed by atoms with Crippen LogP contribution in [0.25, 0.3) is 0 Å². The molecule has 0 heterocycles. The fraction of sp³-hybridized carbons (Fsp3) is 0.769. The summed E-state index contributed by atoms with van der Waals surface area (Å²) in [6.45, 7) is 9.63. The second-order valence-electron chi connectivity index (χ2n) is 4.51. The lowest BCUT2D eigenvalue weighted by Crippen LogP contribution is -2.24. The Balaban J connectivity index is 4.08. The van der Waals surface area contributed by atoms with E-state index >= 15 is 0 Å². The van der Waals surface area contributed by atoms with Gasteiger partial charge >= 0.3 is 5.97 Å². The standard InChI is InChI=1S/C13H24O4/c1-6-9-10-11(7-2)12(14)15-17-16-13(4,5)8-3/h10H,6-9H2,1-5H3. The average molecular weight is 244 g/mol. The molecule has 4 heteroatoms. The van der Waals surface area contributed by atoms with Crippen LogP contribution in [-0.4, -0.2) is 11.6 Å². The normalized spacial score (nSPS) is 12.6. The monoisotopic (exact) mass is 244 g/mol. The van der Waals surface area contributed by atoms with E-state index in [0.29, 0.717) is 12.0 Å². The highest BCUT2D eigenvalue weighted by Crippen LogP contribution is 2.14. The molecule has 0 saturated heterocycles. The van der Waals surface area contributed by atoms with Gasteiger partial charge in [-0.3, -0.25) is 4.89 Å². The van der Waals surface area contributed by atoms with Gasteiger partial charge in [0.05, 0.1) is 0 Å². The summed E-state index contributed by atoms with van der Waals surface area (Å²) in [5.41, 5.74) is 0.157. The molecule has 0 rings (SSSR count). The van der Waals surface area contributed by atoms with Gasteiger partial charge in [0.25, 0.3) is 0 Å². The second-order valence-corrected chi connectivity index (χ2v) is 4.51. The molecular weight excluding hydrogens is 220 g/mol. The minimum Gasteiger partial charge on any atom is -0.264 e. The molecule has 0 atom stereocenters. The molecule has 0 aliphatic rings. The first-order valence-electron chi connectivity index (χ1n) is 6.22. The summed E-state index contributed by atoms with van der Waals surface area (Å²) < 4.78 is 0. The van der Waals surface area contributed by atoms with Crippen LogP contribution < -0.4 is 0 Å². The molecule has 0 unspecified atom stereocenters. The van der Waals surface area contributed by atoms with Gasteiger partial charge in [0.2, 0.25) is 0 Å². The molecule has 0 aliphatic heterocycles. The minimum atomic E-state index is -0.479. The molecule has 0 spiro atoms. The predicted molar refractivity (Wildman–Crippen MR) is 65.9 cm³/mol. The summed E-state index contributed by atoms with van der Waals surface area (Å²) >= 11 is 0. The lowest BCUT2D eigenvalue weighted by atomic mass is 10.1. The van der Waals surface area contributed by atoms with Crippen LogP contribution in [0.4, 0.5) is 0 Å². The number of rotatable bonds is 8. The first kappa shape index (κ1) is 16.1. The molecule has 0 aliphatic carbocycles. The van der Waals surface area contributed by atoms with Crippen molar-refractivity contribution in [1.82, 2.24) is 0 Å². The number of carbonyl (C=O) groups excluding carboxylic acids is 1. The van der Waals surface area contributed by atoms with Crippen molar-refractivity contribution in [3.8, 4) is 0 Å². The Kier molecular flexibility index (Phi) is 7.83. The lowest BCUT2D eigenvalue weighted by Gasteiger charge is -2.19. The van der Waals surface area contributed by atoms with Crippen molar-refractivity contribution in [2.24, 2.45) is 0 Å². The van der Waals surface area contributed by atoms with Crippen molar-refractivity contribution in [3.63, 3.8) is 0 Å². The number of allylic oxidation sites excluding steroid dienone is 1. The van der Waals surface area contributed by atoms with E-state index in [4.69, 9.17) is 4.89 Å². The molecule has 0 amide bonds. The van der Waals surface area contributed by atoms with Gasteiger partial charge in [-0.05, 0) is 38.1 Å². The minimum absolute atomic E-state index is 0.459. The predicted octanol–water partition coefficient (Wildman–Crippen LogP) is 3.72. The van der Waals surface area contributed by atoms with E-state index in [-0.39, 0.29) is 0 Å². The quantitative estimate of drug-likeness (QED) is 0.371. The molecule has 0 fully saturated rings. The number of hydrogen-bond acceptors (Lipinski definition) is 4. The Hall–Kier alpha value is -0.870. The Morgan fingerprint density at radius 3 is 2.35 bits per heavy atom. The Labute approximate surface area is 104 Å². The van der Waals surface area contributed by atoms with E-state index in [9.17, 15) is 4.79 Å². The van der Waals surface area contributed by atoms with Crippen molar-refractivity contribution in [1.29, 1.82) is 0 Å². The molecule has 0 N–H and O–H groups in total. The van der Waals surface area contributed by atoms with Crippen molar-refractivity contribution in [2.75, 3.05) is 0 Å². The Bertz CT molecular complexity index is 256. The summed E-state index contributed by atoms with van der Waals surface area (Å²) in [5.74, 6) is -0.479. The van der Waals surface area contributed by atoms with Crippen LogP contribution >= 0.6 is 0 Å². The summed E-state index contributed by atoms with van der Waals surface area (Å²) in [4.78, 5) is 21.1. The zero-order valence-electron chi connectivity index (χ0n) is 11.5. The van der Waals surface area contributed by atoms with E-state index in [0.717, 1.165) is 19.3 Å². The zero-order chi connectivity index (χ0) is 13.3. The average Bonchev–Trinajstić information content (AvgIpc) is 2.30. The highest BCUT2D eigenvalue weighted by atomic mass is 17.5. The molecule has 17 heavy (non-hydrogen) atoms. The van der Waals surface area contributed by atoms with E-state index in [2.05, 4.69) is 16.8 Å². The maximum atomic E-state index is 11.6. The SMILES string of the molecule is CCCC=C(CC)C(=O)OOOC(C)(C)CC. The number of hydrogen-bond donors (Lipinski definition) is 0. The van der Waals surface area contributed by atoms with Crippen LogP contribution in [0.15, 0.2) is 11.6 Å². The Morgan fingerprint density at radius 1 is 1.24 bits per heavy atom. The van der Waals surface area contributed by atoms with E-state index in [1.54, 1.807) is 0 Å². The van der Waals surface area contributed by atoms with Crippen LogP contribution in [0.3, 0.4) is 0 Å².